The third-order valence-electron chi connectivity index (χ3n) is 5.81. The van der Waals surface area contributed by atoms with Crippen LogP contribution in [0, 0.1) is 5.92 Å². The second-order valence-corrected chi connectivity index (χ2v) is 7.99. The van der Waals surface area contributed by atoms with Crippen molar-refractivity contribution >= 4 is 11.8 Å². The number of halogens is 3. The number of hydrogen-bond acceptors (Lipinski definition) is 3. The number of carbonyl (C=O) groups is 2. The molecular weight excluding hydrogens is 383 g/mol. The molecule has 3 rings (SSSR count). The molecule has 2 amide bonds. The van der Waals surface area contributed by atoms with Crippen LogP contribution in [0.1, 0.15) is 54.4 Å². The zero-order valence-corrected chi connectivity index (χ0v) is 16.4. The first-order chi connectivity index (χ1) is 13.8. The van der Waals surface area contributed by atoms with Gasteiger partial charge in [0.1, 0.15) is 0 Å². The Morgan fingerprint density at radius 3 is 2.52 bits per heavy atom. The summed E-state index contributed by atoms with van der Waals surface area (Å²) in [6.45, 7) is 2.97. The van der Waals surface area contributed by atoms with E-state index in [1.54, 1.807) is 0 Å². The van der Waals surface area contributed by atoms with E-state index in [2.05, 4.69) is 15.5 Å². The van der Waals surface area contributed by atoms with Gasteiger partial charge in [-0.3, -0.25) is 9.59 Å². The van der Waals surface area contributed by atoms with Crippen molar-refractivity contribution in [2.24, 2.45) is 5.92 Å². The molecule has 29 heavy (non-hydrogen) atoms. The van der Waals surface area contributed by atoms with Crippen LogP contribution in [0.15, 0.2) is 24.3 Å². The summed E-state index contributed by atoms with van der Waals surface area (Å²) in [5.74, 6) is -0.586. The minimum atomic E-state index is -4.51. The number of benzene rings is 1. The fourth-order valence-electron chi connectivity index (χ4n) is 4.27. The highest BCUT2D eigenvalue weighted by molar-refractivity contribution is 5.96. The third-order valence-corrected chi connectivity index (χ3v) is 5.81. The maximum atomic E-state index is 12.8. The minimum Gasteiger partial charge on any atom is -0.352 e. The van der Waals surface area contributed by atoms with Crippen molar-refractivity contribution in [1.82, 2.24) is 15.5 Å². The first-order valence-electron chi connectivity index (χ1n) is 10.3. The van der Waals surface area contributed by atoms with Gasteiger partial charge in [0, 0.05) is 18.2 Å². The fourth-order valence-corrected chi connectivity index (χ4v) is 4.27. The topological polar surface area (TPSA) is 61.4 Å². The van der Waals surface area contributed by atoms with Gasteiger partial charge in [-0.15, -0.1) is 0 Å². The number of likely N-dealkylation sites (tertiary alicyclic amines) is 1. The summed E-state index contributed by atoms with van der Waals surface area (Å²) >= 11 is 0. The van der Waals surface area contributed by atoms with Crippen LogP contribution in [-0.4, -0.2) is 48.9 Å². The molecule has 1 aliphatic heterocycles. The van der Waals surface area contributed by atoms with E-state index < -0.39 is 17.6 Å². The molecule has 160 valence electrons. The van der Waals surface area contributed by atoms with Gasteiger partial charge in [-0.1, -0.05) is 18.9 Å². The van der Waals surface area contributed by atoms with Gasteiger partial charge in [-0.2, -0.15) is 13.2 Å². The fraction of sp³-hybridized carbons (Fsp3) is 0.619. The molecule has 0 bridgehead atoms. The van der Waals surface area contributed by atoms with Crippen molar-refractivity contribution in [3.05, 3.63) is 35.4 Å². The number of nitrogens with one attached hydrogen (secondary N) is 2. The van der Waals surface area contributed by atoms with Crippen LogP contribution in [0.3, 0.4) is 0 Å². The summed E-state index contributed by atoms with van der Waals surface area (Å²) in [5, 5.41) is 5.45. The van der Waals surface area contributed by atoms with Gasteiger partial charge in [0.25, 0.3) is 5.91 Å². The lowest BCUT2D eigenvalue weighted by Crippen LogP contribution is -2.48. The van der Waals surface area contributed by atoms with E-state index >= 15 is 0 Å². The van der Waals surface area contributed by atoms with Crippen molar-refractivity contribution in [2.45, 2.75) is 50.7 Å². The standard InChI is InChI=1S/C21H28F3N3O2/c22-21(23,24)17-8-5-7-15(12-17)20(29)25-13-19(28)26-18-9-2-1-6-16(18)14-27-10-3-4-11-27/h5,7-8,12,16,18H,1-4,6,9-11,13-14H2,(H,25,29)(H,26,28)/t16-,18+/m1/s1. The smallest absolute Gasteiger partial charge is 0.352 e. The number of carbonyl (C=O) groups excluding carboxylic acids is 2. The minimum absolute atomic E-state index is 0.0855. The monoisotopic (exact) mass is 411 g/mol. The first-order valence-corrected chi connectivity index (χ1v) is 10.3. The van der Waals surface area contributed by atoms with E-state index in [1.165, 1.54) is 25.0 Å². The average molecular weight is 411 g/mol. The van der Waals surface area contributed by atoms with Gasteiger partial charge in [0.15, 0.2) is 0 Å². The zero-order chi connectivity index (χ0) is 20.9. The Balaban J connectivity index is 1.50. The zero-order valence-electron chi connectivity index (χ0n) is 16.4. The van der Waals surface area contributed by atoms with Gasteiger partial charge in [-0.25, -0.2) is 0 Å². The molecule has 1 aromatic rings. The van der Waals surface area contributed by atoms with E-state index in [4.69, 9.17) is 0 Å². The van der Waals surface area contributed by atoms with E-state index in [9.17, 15) is 22.8 Å². The normalized spacial score (nSPS) is 23.0. The largest absolute Gasteiger partial charge is 0.416 e. The van der Waals surface area contributed by atoms with Gasteiger partial charge in [-0.05, 0) is 62.9 Å². The summed E-state index contributed by atoms with van der Waals surface area (Å²) in [6.07, 6.45) is 2.18. The molecule has 0 aromatic heterocycles. The van der Waals surface area contributed by atoms with Crippen LogP contribution < -0.4 is 10.6 Å². The molecule has 2 N–H and O–H groups in total. The number of alkyl halides is 3. The highest BCUT2D eigenvalue weighted by Crippen LogP contribution is 2.29. The summed E-state index contributed by atoms with van der Waals surface area (Å²) < 4.78 is 38.4. The molecule has 2 fully saturated rings. The molecule has 0 spiro atoms. The highest BCUT2D eigenvalue weighted by atomic mass is 19.4. The Hall–Kier alpha value is -2.09. The molecule has 1 saturated heterocycles. The molecule has 1 aromatic carbocycles. The van der Waals surface area contributed by atoms with Crippen LogP contribution in [0.25, 0.3) is 0 Å². The van der Waals surface area contributed by atoms with Crippen molar-refractivity contribution in [2.75, 3.05) is 26.2 Å². The number of amides is 2. The first kappa shape index (κ1) is 21.6. The average Bonchev–Trinajstić information content (AvgIpc) is 3.20. The van der Waals surface area contributed by atoms with Crippen molar-refractivity contribution in [3.8, 4) is 0 Å². The van der Waals surface area contributed by atoms with E-state index in [0.29, 0.717) is 5.92 Å². The maximum absolute atomic E-state index is 12.8. The molecule has 1 heterocycles. The number of rotatable bonds is 6. The highest BCUT2D eigenvalue weighted by Gasteiger charge is 2.31. The maximum Gasteiger partial charge on any atom is 0.416 e. The lowest BCUT2D eigenvalue weighted by Gasteiger charge is -2.34. The molecule has 0 radical (unpaired) electrons. The Morgan fingerprint density at radius 2 is 1.79 bits per heavy atom. The molecule has 0 unspecified atom stereocenters. The quantitative estimate of drug-likeness (QED) is 0.756. The van der Waals surface area contributed by atoms with Crippen molar-refractivity contribution in [1.29, 1.82) is 0 Å². The summed E-state index contributed by atoms with van der Waals surface area (Å²) in [7, 11) is 0. The molecule has 8 heteroatoms. The lowest BCUT2D eigenvalue weighted by atomic mass is 9.84. The predicted molar refractivity (Wildman–Crippen MR) is 103 cm³/mol. The second kappa shape index (κ2) is 9.61. The summed E-state index contributed by atoms with van der Waals surface area (Å²) in [4.78, 5) is 26.9. The molecule has 1 saturated carbocycles. The van der Waals surface area contributed by atoms with Crippen molar-refractivity contribution < 1.29 is 22.8 Å². The molecule has 2 atom stereocenters. The van der Waals surface area contributed by atoms with Gasteiger partial charge < -0.3 is 15.5 Å². The molecule has 2 aliphatic rings. The lowest BCUT2D eigenvalue weighted by molar-refractivity contribution is -0.137. The van der Waals surface area contributed by atoms with Crippen LogP contribution in [-0.2, 0) is 11.0 Å². The van der Waals surface area contributed by atoms with Crippen LogP contribution in [0.2, 0.25) is 0 Å². The van der Waals surface area contributed by atoms with E-state index in [1.807, 2.05) is 0 Å². The van der Waals surface area contributed by atoms with Crippen LogP contribution >= 0.6 is 0 Å². The van der Waals surface area contributed by atoms with Crippen LogP contribution in [0.5, 0.6) is 0 Å². The second-order valence-electron chi connectivity index (χ2n) is 7.99. The molecular formula is C21H28F3N3O2. The Labute approximate surface area is 169 Å². The van der Waals surface area contributed by atoms with Crippen LogP contribution in [0.4, 0.5) is 13.2 Å². The Morgan fingerprint density at radius 1 is 1.07 bits per heavy atom. The Bertz CT molecular complexity index is 717. The van der Waals surface area contributed by atoms with E-state index in [-0.39, 0.29) is 24.1 Å². The number of nitrogens with zero attached hydrogens (tertiary/aromatic N) is 1. The summed E-state index contributed by atoms with van der Waals surface area (Å²) in [6, 6.07) is 4.27. The van der Waals surface area contributed by atoms with Gasteiger partial charge >= 0.3 is 6.18 Å². The SMILES string of the molecule is O=C(CNC(=O)c1cccc(C(F)(F)F)c1)N[C@H]1CCCC[C@@H]1CN1CCCC1. The Kier molecular flexibility index (Phi) is 7.16. The third kappa shape index (κ3) is 6.19. The summed E-state index contributed by atoms with van der Waals surface area (Å²) in [5.41, 5.74) is -1.00. The van der Waals surface area contributed by atoms with E-state index in [0.717, 1.165) is 57.5 Å². The van der Waals surface area contributed by atoms with Gasteiger partial charge in [0.05, 0.1) is 12.1 Å². The molecule has 1 aliphatic carbocycles. The molecule has 5 nitrogen and oxygen atoms in total. The number of hydrogen-bond donors (Lipinski definition) is 2. The van der Waals surface area contributed by atoms with Gasteiger partial charge in [0.2, 0.25) is 5.91 Å². The predicted octanol–water partition coefficient (Wildman–Crippen LogP) is 3.21. The van der Waals surface area contributed by atoms with Crippen molar-refractivity contribution in [3.63, 3.8) is 0 Å².